The van der Waals surface area contributed by atoms with Crippen LogP contribution in [-0.4, -0.2) is 62.1 Å². The fourth-order valence-electron chi connectivity index (χ4n) is 1.45. The SMILES string of the molecule is CC(C)S[C@@H]1O[C@H](CO)[C@@H](O)[C@@H](O)[C@@H]1O. The molecule has 5 atom stereocenters. The molecule has 0 bridgehead atoms. The van der Waals surface area contributed by atoms with Crippen molar-refractivity contribution in [2.24, 2.45) is 0 Å². The summed E-state index contributed by atoms with van der Waals surface area (Å²) in [5.41, 5.74) is -0.611. The first kappa shape index (κ1) is 13.2. The summed E-state index contributed by atoms with van der Waals surface area (Å²) in [7, 11) is 0. The highest BCUT2D eigenvalue weighted by molar-refractivity contribution is 8.00. The Morgan fingerprint density at radius 2 is 1.73 bits per heavy atom. The molecule has 1 aliphatic rings. The molecule has 15 heavy (non-hydrogen) atoms. The van der Waals surface area contributed by atoms with E-state index >= 15 is 0 Å². The molecule has 6 heteroatoms. The first-order valence-electron chi connectivity index (χ1n) is 4.93. The van der Waals surface area contributed by atoms with E-state index in [9.17, 15) is 15.3 Å². The van der Waals surface area contributed by atoms with E-state index < -0.39 is 29.9 Å². The van der Waals surface area contributed by atoms with E-state index in [0.717, 1.165) is 0 Å². The number of hydrogen-bond acceptors (Lipinski definition) is 6. The van der Waals surface area contributed by atoms with Gasteiger partial charge in [-0.25, -0.2) is 0 Å². The fraction of sp³-hybridized carbons (Fsp3) is 1.00. The van der Waals surface area contributed by atoms with E-state index in [4.69, 9.17) is 9.84 Å². The van der Waals surface area contributed by atoms with Crippen LogP contribution in [0.15, 0.2) is 0 Å². The summed E-state index contributed by atoms with van der Waals surface area (Å²) in [4.78, 5) is 0. The molecule has 1 aliphatic heterocycles. The number of aliphatic hydroxyl groups excluding tert-OH is 4. The Balaban J connectivity index is 2.65. The van der Waals surface area contributed by atoms with E-state index in [1.54, 1.807) is 0 Å². The van der Waals surface area contributed by atoms with Crippen LogP contribution in [0.3, 0.4) is 0 Å². The Kier molecular flexibility index (Phi) is 4.82. The fourth-order valence-corrected chi connectivity index (χ4v) is 2.51. The van der Waals surface area contributed by atoms with Crippen LogP contribution < -0.4 is 0 Å². The largest absolute Gasteiger partial charge is 0.394 e. The van der Waals surface area contributed by atoms with Gasteiger partial charge in [0.1, 0.15) is 29.9 Å². The van der Waals surface area contributed by atoms with Gasteiger partial charge in [0.05, 0.1) is 6.61 Å². The first-order valence-corrected chi connectivity index (χ1v) is 5.87. The maximum absolute atomic E-state index is 9.63. The minimum absolute atomic E-state index is 0.228. The van der Waals surface area contributed by atoms with Crippen molar-refractivity contribution < 1.29 is 25.2 Å². The van der Waals surface area contributed by atoms with Gasteiger partial charge in [0, 0.05) is 5.25 Å². The van der Waals surface area contributed by atoms with Crippen molar-refractivity contribution in [1.82, 2.24) is 0 Å². The van der Waals surface area contributed by atoms with Crippen molar-refractivity contribution in [3.63, 3.8) is 0 Å². The molecule has 0 spiro atoms. The summed E-state index contributed by atoms with van der Waals surface area (Å²) >= 11 is 1.35. The highest BCUT2D eigenvalue weighted by atomic mass is 32.2. The standard InChI is InChI=1S/C9H18O5S/c1-4(2)15-9-8(13)7(12)6(11)5(3-10)14-9/h4-13H,3H2,1-2H3/t5-,6-,7-,8+,9+/m1/s1. The summed E-state index contributed by atoms with van der Waals surface area (Å²) < 4.78 is 5.29. The molecule has 0 amide bonds. The normalized spacial score (nSPS) is 42.2. The van der Waals surface area contributed by atoms with Crippen molar-refractivity contribution >= 4 is 11.8 Å². The van der Waals surface area contributed by atoms with Gasteiger partial charge >= 0.3 is 0 Å². The minimum atomic E-state index is -1.27. The van der Waals surface area contributed by atoms with E-state index in [0.29, 0.717) is 0 Å². The summed E-state index contributed by atoms with van der Waals surface area (Å²) in [6.45, 7) is 3.50. The monoisotopic (exact) mass is 238 g/mol. The van der Waals surface area contributed by atoms with Crippen LogP contribution >= 0.6 is 11.8 Å². The van der Waals surface area contributed by atoms with Crippen LogP contribution in [-0.2, 0) is 4.74 Å². The van der Waals surface area contributed by atoms with Gasteiger partial charge in [0.25, 0.3) is 0 Å². The van der Waals surface area contributed by atoms with Crippen LogP contribution in [0.1, 0.15) is 13.8 Å². The number of thioether (sulfide) groups is 1. The van der Waals surface area contributed by atoms with Crippen LogP contribution in [0.5, 0.6) is 0 Å². The average Bonchev–Trinajstić information content (AvgIpc) is 2.18. The molecule has 0 aromatic heterocycles. The molecule has 90 valence electrons. The molecular weight excluding hydrogens is 220 g/mol. The van der Waals surface area contributed by atoms with Gasteiger partial charge < -0.3 is 25.2 Å². The van der Waals surface area contributed by atoms with E-state index in [2.05, 4.69) is 0 Å². The Bertz CT molecular complexity index is 199. The lowest BCUT2D eigenvalue weighted by molar-refractivity contribution is -0.205. The molecule has 0 saturated carbocycles. The summed E-state index contributed by atoms with van der Waals surface area (Å²) in [6, 6.07) is 0. The zero-order valence-electron chi connectivity index (χ0n) is 8.78. The van der Waals surface area contributed by atoms with Crippen molar-refractivity contribution in [3.05, 3.63) is 0 Å². The first-order chi connectivity index (χ1) is 6.97. The predicted octanol–water partition coefficient (Wildman–Crippen LogP) is -1.07. The second-order valence-corrected chi connectivity index (χ2v) is 5.56. The van der Waals surface area contributed by atoms with Gasteiger partial charge in [-0.3, -0.25) is 0 Å². The van der Waals surface area contributed by atoms with Gasteiger partial charge in [0.15, 0.2) is 0 Å². The van der Waals surface area contributed by atoms with Gasteiger partial charge in [-0.15, -0.1) is 11.8 Å². The van der Waals surface area contributed by atoms with Crippen LogP contribution in [0.25, 0.3) is 0 Å². The quantitative estimate of drug-likeness (QED) is 0.500. The Labute approximate surface area is 93.1 Å². The zero-order chi connectivity index (χ0) is 11.6. The Hall–Kier alpha value is 0.150. The maximum atomic E-state index is 9.63. The summed E-state index contributed by atoms with van der Waals surface area (Å²) in [5, 5.41) is 37.8. The highest BCUT2D eigenvalue weighted by Gasteiger charge is 2.43. The molecule has 1 saturated heterocycles. The third-order valence-electron chi connectivity index (χ3n) is 2.25. The van der Waals surface area contributed by atoms with Crippen LogP contribution in [0.2, 0.25) is 0 Å². The molecule has 0 unspecified atom stereocenters. The molecule has 1 fully saturated rings. The van der Waals surface area contributed by atoms with Crippen LogP contribution in [0, 0.1) is 0 Å². The van der Waals surface area contributed by atoms with Crippen LogP contribution in [0.4, 0.5) is 0 Å². The van der Waals surface area contributed by atoms with Gasteiger partial charge in [-0.05, 0) is 0 Å². The van der Waals surface area contributed by atoms with E-state index in [1.165, 1.54) is 11.8 Å². The zero-order valence-corrected chi connectivity index (χ0v) is 9.59. The minimum Gasteiger partial charge on any atom is -0.394 e. The molecule has 0 aliphatic carbocycles. The third kappa shape index (κ3) is 3.05. The smallest absolute Gasteiger partial charge is 0.132 e. The second-order valence-electron chi connectivity index (χ2n) is 3.88. The lowest BCUT2D eigenvalue weighted by Gasteiger charge is -2.40. The van der Waals surface area contributed by atoms with Crippen molar-refractivity contribution in [3.8, 4) is 0 Å². The van der Waals surface area contributed by atoms with E-state index in [-0.39, 0.29) is 11.9 Å². The summed E-state index contributed by atoms with van der Waals surface area (Å²) in [5.74, 6) is 0. The van der Waals surface area contributed by atoms with Gasteiger partial charge in [-0.1, -0.05) is 13.8 Å². The topological polar surface area (TPSA) is 90.2 Å². The molecular formula is C9H18O5S. The molecule has 4 N–H and O–H groups in total. The number of hydrogen-bond donors (Lipinski definition) is 4. The van der Waals surface area contributed by atoms with Crippen molar-refractivity contribution in [2.75, 3.05) is 6.61 Å². The lowest BCUT2D eigenvalue weighted by atomic mass is 10.0. The second kappa shape index (κ2) is 5.47. The molecule has 5 nitrogen and oxygen atoms in total. The Morgan fingerprint density at radius 1 is 1.13 bits per heavy atom. The van der Waals surface area contributed by atoms with Crippen molar-refractivity contribution in [2.45, 2.75) is 48.9 Å². The van der Waals surface area contributed by atoms with E-state index in [1.807, 2.05) is 13.8 Å². The molecule has 0 radical (unpaired) electrons. The average molecular weight is 238 g/mol. The lowest BCUT2D eigenvalue weighted by Crippen LogP contribution is -2.57. The maximum Gasteiger partial charge on any atom is 0.132 e. The predicted molar refractivity (Wildman–Crippen MR) is 56.5 cm³/mol. The number of ether oxygens (including phenoxy) is 1. The third-order valence-corrected chi connectivity index (χ3v) is 3.46. The molecule has 0 aromatic carbocycles. The number of aliphatic hydroxyl groups is 4. The number of rotatable bonds is 3. The van der Waals surface area contributed by atoms with Crippen molar-refractivity contribution in [1.29, 1.82) is 0 Å². The molecule has 1 rings (SSSR count). The summed E-state index contributed by atoms with van der Waals surface area (Å²) in [6.07, 6.45) is -4.48. The van der Waals surface area contributed by atoms with Gasteiger partial charge in [0.2, 0.25) is 0 Å². The van der Waals surface area contributed by atoms with Gasteiger partial charge in [-0.2, -0.15) is 0 Å². The Morgan fingerprint density at radius 3 is 2.20 bits per heavy atom. The molecule has 1 heterocycles. The highest BCUT2D eigenvalue weighted by Crippen LogP contribution is 2.30. The molecule has 0 aromatic rings.